The second-order valence-corrected chi connectivity index (χ2v) is 8.20. The zero-order valence-corrected chi connectivity index (χ0v) is 14.4. The standard InChI is InChI=1S/C18H30N2S/c1-20(2)17(18-8-5-11-21-18)13-19-16-10-9-14-6-3-4-7-15(14)12-16/h5,8,11,14-17,19H,3-4,6-7,9-10,12-13H2,1-2H3. The van der Waals surface area contributed by atoms with Crippen LogP contribution in [0.15, 0.2) is 17.5 Å². The summed E-state index contributed by atoms with van der Waals surface area (Å²) >= 11 is 1.88. The zero-order valence-electron chi connectivity index (χ0n) is 13.6. The van der Waals surface area contributed by atoms with Gasteiger partial charge in [0, 0.05) is 17.5 Å². The van der Waals surface area contributed by atoms with Crippen molar-refractivity contribution in [2.45, 2.75) is 57.0 Å². The maximum atomic E-state index is 3.89. The summed E-state index contributed by atoms with van der Waals surface area (Å²) in [4.78, 5) is 3.84. The smallest absolute Gasteiger partial charge is 0.0561 e. The van der Waals surface area contributed by atoms with Gasteiger partial charge in [0.2, 0.25) is 0 Å². The van der Waals surface area contributed by atoms with Crippen LogP contribution in [0.1, 0.15) is 55.9 Å². The van der Waals surface area contributed by atoms with E-state index in [-0.39, 0.29) is 0 Å². The van der Waals surface area contributed by atoms with E-state index in [4.69, 9.17) is 0 Å². The molecule has 1 aromatic heterocycles. The lowest BCUT2D eigenvalue weighted by molar-refractivity contribution is 0.139. The highest BCUT2D eigenvalue weighted by molar-refractivity contribution is 7.10. The van der Waals surface area contributed by atoms with Crippen LogP contribution in [0.3, 0.4) is 0 Å². The van der Waals surface area contributed by atoms with Crippen molar-refractivity contribution in [3.63, 3.8) is 0 Å². The summed E-state index contributed by atoms with van der Waals surface area (Å²) in [6, 6.07) is 5.72. The van der Waals surface area contributed by atoms with Gasteiger partial charge in [-0.3, -0.25) is 0 Å². The van der Waals surface area contributed by atoms with E-state index in [2.05, 4.69) is 41.8 Å². The van der Waals surface area contributed by atoms with Gasteiger partial charge in [-0.25, -0.2) is 0 Å². The summed E-state index contributed by atoms with van der Waals surface area (Å²) in [5.74, 6) is 2.07. The Morgan fingerprint density at radius 1 is 1.19 bits per heavy atom. The van der Waals surface area contributed by atoms with E-state index >= 15 is 0 Å². The van der Waals surface area contributed by atoms with Gasteiger partial charge >= 0.3 is 0 Å². The van der Waals surface area contributed by atoms with Crippen LogP contribution in [-0.4, -0.2) is 31.6 Å². The molecule has 0 aromatic carbocycles. The number of nitrogens with one attached hydrogen (secondary N) is 1. The third kappa shape index (κ3) is 3.88. The molecule has 2 fully saturated rings. The van der Waals surface area contributed by atoms with Crippen molar-refractivity contribution in [2.24, 2.45) is 11.8 Å². The molecule has 0 aliphatic heterocycles. The molecule has 21 heavy (non-hydrogen) atoms. The van der Waals surface area contributed by atoms with Crippen LogP contribution in [-0.2, 0) is 0 Å². The average Bonchev–Trinajstić information content (AvgIpc) is 3.01. The van der Waals surface area contributed by atoms with Crippen molar-refractivity contribution in [1.29, 1.82) is 0 Å². The monoisotopic (exact) mass is 306 g/mol. The molecule has 1 heterocycles. The highest BCUT2D eigenvalue weighted by Gasteiger charge is 2.32. The highest BCUT2D eigenvalue weighted by atomic mass is 32.1. The van der Waals surface area contributed by atoms with Crippen molar-refractivity contribution >= 4 is 11.3 Å². The number of thiophene rings is 1. The summed E-state index contributed by atoms with van der Waals surface area (Å²) in [6.07, 6.45) is 10.2. The van der Waals surface area contributed by atoms with Gasteiger partial charge in [0.15, 0.2) is 0 Å². The predicted molar refractivity (Wildman–Crippen MR) is 91.8 cm³/mol. The maximum absolute atomic E-state index is 3.89. The van der Waals surface area contributed by atoms with Gasteiger partial charge in [0.25, 0.3) is 0 Å². The van der Waals surface area contributed by atoms with Crippen molar-refractivity contribution in [2.75, 3.05) is 20.6 Å². The fourth-order valence-electron chi connectivity index (χ4n) is 4.36. The average molecular weight is 307 g/mol. The molecule has 4 atom stereocenters. The number of rotatable bonds is 5. The number of likely N-dealkylation sites (N-methyl/N-ethyl adjacent to an activating group) is 1. The quantitative estimate of drug-likeness (QED) is 0.872. The van der Waals surface area contributed by atoms with Crippen molar-refractivity contribution in [1.82, 2.24) is 10.2 Å². The van der Waals surface area contributed by atoms with Crippen LogP contribution in [0.25, 0.3) is 0 Å². The Labute approximate surface area is 133 Å². The SMILES string of the molecule is CN(C)C(CNC1CCC2CCCCC2C1)c1cccs1. The first-order chi connectivity index (χ1) is 10.2. The molecule has 1 aromatic rings. The molecule has 0 spiro atoms. The molecule has 2 saturated carbocycles. The fraction of sp³-hybridized carbons (Fsp3) is 0.778. The van der Waals surface area contributed by atoms with Crippen LogP contribution in [0.4, 0.5) is 0 Å². The number of hydrogen-bond donors (Lipinski definition) is 1. The molecule has 0 bridgehead atoms. The molecule has 3 rings (SSSR count). The van der Waals surface area contributed by atoms with Crippen molar-refractivity contribution in [3.05, 3.63) is 22.4 Å². The van der Waals surface area contributed by atoms with Crippen LogP contribution in [0, 0.1) is 11.8 Å². The molecule has 118 valence electrons. The van der Waals surface area contributed by atoms with E-state index in [9.17, 15) is 0 Å². The summed E-state index contributed by atoms with van der Waals surface area (Å²) in [7, 11) is 4.40. The fourth-order valence-corrected chi connectivity index (χ4v) is 5.28. The number of nitrogens with zero attached hydrogens (tertiary/aromatic N) is 1. The third-order valence-electron chi connectivity index (χ3n) is 5.63. The molecule has 2 aliphatic carbocycles. The minimum absolute atomic E-state index is 0.522. The van der Waals surface area contributed by atoms with Gasteiger partial charge in [0.1, 0.15) is 0 Å². The van der Waals surface area contributed by atoms with Gasteiger partial charge in [0.05, 0.1) is 6.04 Å². The lowest BCUT2D eigenvalue weighted by atomic mass is 9.69. The third-order valence-corrected chi connectivity index (χ3v) is 6.61. The van der Waals surface area contributed by atoms with Crippen LogP contribution in [0.2, 0.25) is 0 Å². The van der Waals surface area contributed by atoms with Crippen molar-refractivity contribution in [3.8, 4) is 0 Å². The Morgan fingerprint density at radius 2 is 2.00 bits per heavy atom. The second-order valence-electron chi connectivity index (χ2n) is 7.22. The van der Waals surface area contributed by atoms with Gasteiger partial charge in [-0.15, -0.1) is 11.3 Å². The van der Waals surface area contributed by atoms with Crippen LogP contribution < -0.4 is 5.32 Å². The van der Waals surface area contributed by atoms with E-state index in [1.54, 1.807) is 0 Å². The molecule has 3 heteroatoms. The Kier molecular flexibility index (Phi) is 5.36. The Balaban J connectivity index is 1.52. The minimum Gasteiger partial charge on any atom is -0.312 e. The summed E-state index contributed by atoms with van der Waals surface area (Å²) in [6.45, 7) is 1.09. The first-order valence-corrected chi connectivity index (χ1v) is 9.55. The van der Waals surface area contributed by atoms with Gasteiger partial charge in [-0.2, -0.15) is 0 Å². The molecule has 0 saturated heterocycles. The molecule has 4 unspecified atom stereocenters. The molecule has 2 nitrogen and oxygen atoms in total. The lowest BCUT2D eigenvalue weighted by Crippen LogP contribution is -2.42. The van der Waals surface area contributed by atoms with Crippen LogP contribution >= 0.6 is 11.3 Å². The highest BCUT2D eigenvalue weighted by Crippen LogP contribution is 2.40. The van der Waals surface area contributed by atoms with E-state index in [1.165, 1.54) is 49.8 Å². The molecule has 0 radical (unpaired) electrons. The Morgan fingerprint density at radius 3 is 2.71 bits per heavy atom. The molecule has 2 aliphatic rings. The summed E-state index contributed by atoms with van der Waals surface area (Å²) < 4.78 is 0. The van der Waals surface area contributed by atoms with E-state index in [1.807, 2.05) is 11.3 Å². The predicted octanol–water partition coefficient (Wildman–Crippen LogP) is 4.30. The van der Waals surface area contributed by atoms with Gasteiger partial charge in [-0.1, -0.05) is 31.7 Å². The topological polar surface area (TPSA) is 15.3 Å². The normalized spacial score (nSPS) is 31.1. The lowest BCUT2D eigenvalue weighted by Gasteiger charge is -2.40. The molecular weight excluding hydrogens is 276 g/mol. The number of fused-ring (bicyclic) bond motifs is 1. The Hall–Kier alpha value is -0.380. The van der Waals surface area contributed by atoms with E-state index in [0.717, 1.165) is 24.4 Å². The second kappa shape index (κ2) is 7.26. The maximum Gasteiger partial charge on any atom is 0.0561 e. The molecular formula is C18H30N2S. The summed E-state index contributed by atoms with van der Waals surface area (Å²) in [5, 5.41) is 6.08. The van der Waals surface area contributed by atoms with Crippen LogP contribution in [0.5, 0.6) is 0 Å². The van der Waals surface area contributed by atoms with E-state index < -0.39 is 0 Å². The largest absolute Gasteiger partial charge is 0.312 e. The van der Waals surface area contributed by atoms with Gasteiger partial charge < -0.3 is 10.2 Å². The van der Waals surface area contributed by atoms with E-state index in [0.29, 0.717) is 6.04 Å². The first-order valence-electron chi connectivity index (χ1n) is 8.67. The van der Waals surface area contributed by atoms with Crippen molar-refractivity contribution < 1.29 is 0 Å². The Bertz CT molecular complexity index is 415. The molecule has 0 amide bonds. The zero-order chi connectivity index (χ0) is 14.7. The minimum atomic E-state index is 0.522. The van der Waals surface area contributed by atoms with Gasteiger partial charge in [-0.05, 0) is 56.6 Å². The summed E-state index contributed by atoms with van der Waals surface area (Å²) in [5.41, 5.74) is 0. The first kappa shape index (κ1) is 15.5. The molecule has 1 N–H and O–H groups in total. The number of hydrogen-bond acceptors (Lipinski definition) is 3.